The Morgan fingerprint density at radius 1 is 1.21 bits per heavy atom. The summed E-state index contributed by atoms with van der Waals surface area (Å²) in [6.45, 7) is 8.33. The fraction of sp³-hybridized carbons (Fsp3) is 0.467. The zero-order valence-corrected chi connectivity index (χ0v) is 26.3. The number of fused-ring (bicyclic) bond motifs is 1. The number of aromatic nitrogens is 3. The number of carboxylic acids is 1. The number of hydrogen-bond acceptors (Lipinski definition) is 8. The van der Waals surface area contributed by atoms with Gasteiger partial charge < -0.3 is 19.8 Å². The molecule has 1 atom stereocenters. The maximum absolute atomic E-state index is 13.6. The molecule has 0 saturated carbocycles. The number of pyridine rings is 1. The summed E-state index contributed by atoms with van der Waals surface area (Å²) < 4.78 is 2.00. The summed E-state index contributed by atoms with van der Waals surface area (Å²) >= 11 is 1.34. The second-order valence-corrected chi connectivity index (χ2v) is 13.7. The van der Waals surface area contributed by atoms with Crippen molar-refractivity contribution in [2.24, 2.45) is 5.92 Å². The Morgan fingerprint density at radius 2 is 1.95 bits per heavy atom. The first-order valence-corrected chi connectivity index (χ1v) is 15.1. The molecule has 230 valence electrons. The molecule has 43 heavy (non-hydrogen) atoms. The molecule has 2 amide bonds. The van der Waals surface area contributed by atoms with Crippen LogP contribution in [-0.2, 0) is 15.0 Å². The third kappa shape index (κ3) is 8.05. The highest BCUT2D eigenvalue weighted by molar-refractivity contribution is 7.14. The number of thiazole rings is 1. The van der Waals surface area contributed by atoms with Gasteiger partial charge in [0.1, 0.15) is 11.5 Å². The molecular weight excluding hydrogens is 570 g/mol. The minimum atomic E-state index is -1.20. The lowest BCUT2D eigenvalue weighted by molar-refractivity contribution is -0.869. The van der Waals surface area contributed by atoms with Gasteiger partial charge in [-0.3, -0.25) is 24.1 Å². The second kappa shape index (κ2) is 12.6. The summed E-state index contributed by atoms with van der Waals surface area (Å²) in [5, 5.41) is 17.5. The molecule has 0 bridgehead atoms. The van der Waals surface area contributed by atoms with Gasteiger partial charge in [-0.2, -0.15) is 0 Å². The monoisotopic (exact) mass is 610 g/mol. The summed E-state index contributed by atoms with van der Waals surface area (Å²) in [6, 6.07) is 3.02. The van der Waals surface area contributed by atoms with E-state index in [1.165, 1.54) is 40.1 Å². The maximum Gasteiger partial charge on any atom is 0.328 e. The number of likely N-dealkylation sites (N-methyl/N-ethyl adjacent to an activating group) is 1. The molecule has 0 radical (unpaired) electrons. The van der Waals surface area contributed by atoms with E-state index in [2.05, 4.69) is 36.8 Å². The van der Waals surface area contributed by atoms with Gasteiger partial charge in [0.15, 0.2) is 5.13 Å². The van der Waals surface area contributed by atoms with E-state index in [1.807, 2.05) is 31.1 Å². The number of rotatable bonds is 9. The van der Waals surface area contributed by atoms with E-state index in [1.54, 1.807) is 0 Å². The average molecular weight is 611 g/mol. The van der Waals surface area contributed by atoms with Crippen LogP contribution in [0.2, 0.25) is 0 Å². The van der Waals surface area contributed by atoms with Gasteiger partial charge in [0.05, 0.1) is 51.4 Å². The predicted molar refractivity (Wildman–Crippen MR) is 168 cm³/mol. The molecule has 12 nitrogen and oxygen atoms in total. The summed E-state index contributed by atoms with van der Waals surface area (Å²) in [5.74, 6) is -1.70. The number of anilines is 2. The minimum Gasteiger partial charge on any atom is -0.478 e. The van der Waals surface area contributed by atoms with Crippen LogP contribution >= 0.6 is 11.3 Å². The summed E-state index contributed by atoms with van der Waals surface area (Å²) in [4.78, 5) is 62.1. The standard InChI is InChI=1S/C30H39N7O5S/c1-30(2,3)22-18-43-29(32-22)34-27(41)19-11-14-36-23(16-19)33-25(21(28(36)42)9-10-24(38)39)35-13-7-8-20(17-35)26(40)31-12-15-37(4,5)6/h9-11,14,16,18,20H,7-8,12-13,15,17H2,1-6H3,(H2-,31,32,34,38,39,40,41)/p+1. The molecule has 1 aliphatic heterocycles. The fourth-order valence-electron chi connectivity index (χ4n) is 4.71. The van der Waals surface area contributed by atoms with Crippen LogP contribution in [0, 0.1) is 5.92 Å². The van der Waals surface area contributed by atoms with E-state index in [9.17, 15) is 24.3 Å². The topological polar surface area (TPSA) is 146 Å². The number of hydrogen-bond donors (Lipinski definition) is 3. The zero-order valence-electron chi connectivity index (χ0n) is 25.5. The first kappa shape index (κ1) is 31.8. The van der Waals surface area contributed by atoms with Gasteiger partial charge in [-0.15, -0.1) is 11.3 Å². The highest BCUT2D eigenvalue weighted by atomic mass is 32.1. The quantitative estimate of drug-likeness (QED) is 0.248. The van der Waals surface area contributed by atoms with Crippen molar-refractivity contribution in [2.75, 3.05) is 57.5 Å². The van der Waals surface area contributed by atoms with Crippen LogP contribution in [-0.4, -0.2) is 89.1 Å². The summed E-state index contributed by atoms with van der Waals surface area (Å²) in [7, 11) is 6.17. The molecule has 3 aromatic heterocycles. The van der Waals surface area contributed by atoms with Crippen molar-refractivity contribution >= 4 is 51.8 Å². The van der Waals surface area contributed by atoms with E-state index in [-0.39, 0.29) is 39.8 Å². The Hall–Kier alpha value is -4.10. The number of carbonyl (C=O) groups excluding carboxylic acids is 2. The van der Waals surface area contributed by atoms with Crippen LogP contribution < -0.4 is 21.1 Å². The van der Waals surface area contributed by atoms with Gasteiger partial charge in [-0.05, 0) is 31.1 Å². The van der Waals surface area contributed by atoms with E-state index >= 15 is 0 Å². The largest absolute Gasteiger partial charge is 0.478 e. The van der Waals surface area contributed by atoms with Crippen molar-refractivity contribution in [1.82, 2.24) is 19.7 Å². The number of carboxylic acid groups (broad SMARTS) is 1. The summed E-state index contributed by atoms with van der Waals surface area (Å²) in [5.41, 5.74) is 0.843. The Balaban J connectivity index is 1.64. The van der Waals surface area contributed by atoms with Gasteiger partial charge in [0.2, 0.25) is 5.91 Å². The number of nitrogens with zero attached hydrogens (tertiary/aromatic N) is 5. The molecule has 1 fully saturated rings. The SMILES string of the molecule is CC(C)(C)c1csc(NC(=O)c2ccn3c(=O)c(C=CC(=O)O)c(N4CCCC(C(=O)NCC[N+](C)(C)C)C4)nc3c2)n1. The number of nitrogens with one attached hydrogen (secondary N) is 2. The lowest BCUT2D eigenvalue weighted by atomic mass is 9.93. The van der Waals surface area contributed by atoms with E-state index in [0.717, 1.165) is 22.8 Å². The number of aliphatic carboxylic acids is 1. The smallest absolute Gasteiger partial charge is 0.328 e. The third-order valence-electron chi connectivity index (χ3n) is 7.17. The van der Waals surface area contributed by atoms with Crippen molar-refractivity contribution in [3.05, 3.63) is 57.0 Å². The molecule has 3 N–H and O–H groups in total. The molecule has 1 aliphatic rings. The highest BCUT2D eigenvalue weighted by Gasteiger charge is 2.29. The Morgan fingerprint density at radius 3 is 2.60 bits per heavy atom. The number of carbonyl (C=O) groups is 3. The molecule has 13 heteroatoms. The lowest BCUT2D eigenvalue weighted by Gasteiger charge is -2.34. The molecule has 1 saturated heterocycles. The van der Waals surface area contributed by atoms with Crippen LogP contribution in [0.1, 0.15) is 55.2 Å². The predicted octanol–water partition coefficient (Wildman–Crippen LogP) is 2.84. The van der Waals surface area contributed by atoms with E-state index < -0.39 is 17.4 Å². The molecule has 4 rings (SSSR count). The van der Waals surface area contributed by atoms with Gasteiger partial charge >= 0.3 is 5.97 Å². The Kier molecular flexibility index (Phi) is 9.35. The second-order valence-electron chi connectivity index (χ2n) is 12.8. The maximum atomic E-state index is 13.6. The van der Waals surface area contributed by atoms with Gasteiger partial charge in [-0.1, -0.05) is 20.8 Å². The van der Waals surface area contributed by atoms with E-state index in [4.69, 9.17) is 4.98 Å². The molecule has 0 spiro atoms. The number of quaternary nitrogens is 1. The third-order valence-corrected chi connectivity index (χ3v) is 7.92. The Labute approximate surface area is 254 Å². The van der Waals surface area contributed by atoms with Crippen LogP contribution in [0.3, 0.4) is 0 Å². The first-order chi connectivity index (χ1) is 20.1. The Bertz CT molecular complexity index is 1610. The lowest BCUT2D eigenvalue weighted by Crippen LogP contribution is -2.47. The van der Waals surface area contributed by atoms with Crippen molar-refractivity contribution in [3.63, 3.8) is 0 Å². The highest BCUT2D eigenvalue weighted by Crippen LogP contribution is 2.27. The molecule has 3 aromatic rings. The zero-order chi connectivity index (χ0) is 31.5. The first-order valence-electron chi connectivity index (χ1n) is 14.2. The average Bonchev–Trinajstić information content (AvgIpc) is 3.40. The number of amides is 2. The minimum absolute atomic E-state index is 0.0611. The van der Waals surface area contributed by atoms with Crippen LogP contribution in [0.25, 0.3) is 11.7 Å². The van der Waals surface area contributed by atoms with Crippen molar-refractivity contribution in [2.45, 2.75) is 39.0 Å². The molecule has 4 heterocycles. The fourth-order valence-corrected chi connectivity index (χ4v) is 5.64. The van der Waals surface area contributed by atoms with Gasteiger partial charge in [0.25, 0.3) is 11.5 Å². The van der Waals surface area contributed by atoms with Crippen molar-refractivity contribution < 1.29 is 24.0 Å². The summed E-state index contributed by atoms with van der Waals surface area (Å²) in [6.07, 6.45) is 4.97. The molecular formula is C30H40N7O5S+. The molecule has 0 aliphatic carbocycles. The van der Waals surface area contributed by atoms with Crippen molar-refractivity contribution in [1.29, 1.82) is 0 Å². The normalized spacial score (nSPS) is 16.0. The molecule has 0 aromatic carbocycles. The van der Waals surface area contributed by atoms with Gasteiger partial charge in [-0.25, -0.2) is 14.8 Å². The van der Waals surface area contributed by atoms with Crippen LogP contribution in [0.15, 0.2) is 34.6 Å². The number of piperidine rings is 1. The van der Waals surface area contributed by atoms with E-state index in [0.29, 0.717) is 37.6 Å². The van der Waals surface area contributed by atoms with Crippen molar-refractivity contribution in [3.8, 4) is 0 Å². The van der Waals surface area contributed by atoms with Gasteiger partial charge in [0, 0.05) is 41.7 Å². The molecule has 1 unspecified atom stereocenters. The van der Waals surface area contributed by atoms with Crippen LogP contribution in [0.4, 0.5) is 10.9 Å². The van der Waals surface area contributed by atoms with Crippen LogP contribution in [0.5, 0.6) is 0 Å².